The normalized spacial score (nSPS) is 16.1. The minimum Gasteiger partial charge on any atom is -0.349 e. The van der Waals surface area contributed by atoms with Crippen molar-refractivity contribution in [2.24, 2.45) is 5.73 Å². The van der Waals surface area contributed by atoms with E-state index in [9.17, 15) is 9.18 Å². The fourth-order valence-corrected chi connectivity index (χ4v) is 2.35. The van der Waals surface area contributed by atoms with Crippen molar-refractivity contribution in [2.45, 2.75) is 18.9 Å². The summed E-state index contributed by atoms with van der Waals surface area (Å²) in [6, 6.07) is 4.39. The Bertz CT molecular complexity index is 569. The first kappa shape index (κ1) is 15.5. The summed E-state index contributed by atoms with van der Waals surface area (Å²) in [6.07, 6.45) is 1.77. The van der Waals surface area contributed by atoms with Crippen molar-refractivity contribution in [3.8, 4) is 11.8 Å². The SMILES string of the molecule is CN1CCC(NC(=O)c2cc(C#CCN)ccc2F)CC1. The largest absolute Gasteiger partial charge is 0.349 e. The average Bonchev–Trinajstić information content (AvgIpc) is 2.48. The third kappa shape index (κ3) is 4.28. The Labute approximate surface area is 124 Å². The van der Waals surface area contributed by atoms with Crippen LogP contribution in [-0.4, -0.2) is 43.5 Å². The molecule has 0 aromatic heterocycles. The van der Waals surface area contributed by atoms with Gasteiger partial charge in [0.25, 0.3) is 5.91 Å². The molecule has 1 aromatic rings. The molecular weight excluding hydrogens is 269 g/mol. The van der Waals surface area contributed by atoms with Gasteiger partial charge in [0.2, 0.25) is 0 Å². The molecule has 1 heterocycles. The van der Waals surface area contributed by atoms with E-state index in [1.807, 2.05) is 0 Å². The van der Waals surface area contributed by atoms with Gasteiger partial charge in [0.1, 0.15) is 5.82 Å². The number of carbonyl (C=O) groups excluding carboxylic acids is 1. The summed E-state index contributed by atoms with van der Waals surface area (Å²) in [7, 11) is 2.05. The van der Waals surface area contributed by atoms with Crippen LogP contribution in [0.25, 0.3) is 0 Å². The van der Waals surface area contributed by atoms with Crippen LogP contribution in [0.5, 0.6) is 0 Å². The van der Waals surface area contributed by atoms with E-state index >= 15 is 0 Å². The predicted molar refractivity (Wildman–Crippen MR) is 80.3 cm³/mol. The maximum absolute atomic E-state index is 13.8. The molecule has 4 nitrogen and oxygen atoms in total. The van der Waals surface area contributed by atoms with Gasteiger partial charge in [-0.2, -0.15) is 0 Å². The molecular formula is C16H20FN3O. The number of rotatable bonds is 2. The molecule has 21 heavy (non-hydrogen) atoms. The van der Waals surface area contributed by atoms with Crippen LogP contribution in [0, 0.1) is 17.7 Å². The highest BCUT2D eigenvalue weighted by Crippen LogP contribution is 2.13. The van der Waals surface area contributed by atoms with E-state index in [0.29, 0.717) is 5.56 Å². The second-order valence-corrected chi connectivity index (χ2v) is 5.25. The number of nitrogens with one attached hydrogen (secondary N) is 1. The van der Waals surface area contributed by atoms with Gasteiger partial charge >= 0.3 is 0 Å². The first-order chi connectivity index (χ1) is 10.1. The smallest absolute Gasteiger partial charge is 0.254 e. The van der Waals surface area contributed by atoms with Crippen molar-refractivity contribution in [2.75, 3.05) is 26.7 Å². The molecule has 112 valence electrons. The van der Waals surface area contributed by atoms with Crippen LogP contribution in [0.15, 0.2) is 18.2 Å². The Morgan fingerprint density at radius 1 is 1.48 bits per heavy atom. The van der Waals surface area contributed by atoms with Gasteiger partial charge in [-0.25, -0.2) is 4.39 Å². The first-order valence-corrected chi connectivity index (χ1v) is 7.08. The second-order valence-electron chi connectivity index (χ2n) is 5.25. The maximum atomic E-state index is 13.8. The van der Waals surface area contributed by atoms with Gasteiger partial charge in [-0.1, -0.05) is 11.8 Å². The standard InChI is InChI=1S/C16H20FN3O/c1-20-9-6-13(7-10-20)19-16(21)14-11-12(3-2-8-18)4-5-15(14)17/h4-5,11,13H,6-10,18H2,1H3,(H,19,21). The van der Waals surface area contributed by atoms with Crippen LogP contribution in [0.2, 0.25) is 0 Å². The van der Waals surface area contributed by atoms with Gasteiger partial charge in [-0.05, 0) is 51.2 Å². The van der Waals surface area contributed by atoms with E-state index in [2.05, 4.69) is 29.1 Å². The summed E-state index contributed by atoms with van der Waals surface area (Å²) in [5.74, 6) is 4.60. The molecule has 2 rings (SSSR count). The summed E-state index contributed by atoms with van der Waals surface area (Å²) in [6.45, 7) is 2.11. The minimum atomic E-state index is -0.529. The van der Waals surface area contributed by atoms with Crippen LogP contribution in [0.1, 0.15) is 28.8 Å². The molecule has 1 fully saturated rings. The van der Waals surface area contributed by atoms with Crippen molar-refractivity contribution in [1.82, 2.24) is 10.2 Å². The molecule has 1 aliphatic rings. The van der Waals surface area contributed by atoms with E-state index in [1.165, 1.54) is 12.1 Å². The molecule has 1 aromatic carbocycles. The molecule has 0 bridgehead atoms. The Balaban J connectivity index is 2.07. The van der Waals surface area contributed by atoms with Gasteiger partial charge in [-0.3, -0.25) is 4.79 Å². The Kier molecular flexibility index (Phi) is 5.32. The highest BCUT2D eigenvalue weighted by atomic mass is 19.1. The number of halogens is 1. The number of benzene rings is 1. The maximum Gasteiger partial charge on any atom is 0.254 e. The van der Waals surface area contributed by atoms with E-state index < -0.39 is 5.82 Å². The number of nitrogens with two attached hydrogens (primary N) is 1. The summed E-state index contributed by atoms with van der Waals surface area (Å²) in [5, 5.41) is 2.90. The topological polar surface area (TPSA) is 58.4 Å². The van der Waals surface area contributed by atoms with Crippen molar-refractivity contribution < 1.29 is 9.18 Å². The second kappa shape index (κ2) is 7.21. The molecule has 0 atom stereocenters. The zero-order chi connectivity index (χ0) is 15.2. The number of carbonyl (C=O) groups is 1. The van der Waals surface area contributed by atoms with Gasteiger partial charge in [0.15, 0.2) is 0 Å². The zero-order valence-corrected chi connectivity index (χ0v) is 12.2. The fourth-order valence-electron chi connectivity index (χ4n) is 2.35. The third-order valence-electron chi connectivity index (χ3n) is 3.60. The minimum absolute atomic E-state index is 0.0396. The first-order valence-electron chi connectivity index (χ1n) is 7.08. The lowest BCUT2D eigenvalue weighted by molar-refractivity contribution is 0.0912. The Morgan fingerprint density at radius 3 is 2.86 bits per heavy atom. The van der Waals surface area contributed by atoms with Crippen LogP contribution >= 0.6 is 0 Å². The molecule has 1 aliphatic heterocycles. The highest BCUT2D eigenvalue weighted by Gasteiger charge is 2.20. The van der Waals surface area contributed by atoms with E-state index in [4.69, 9.17) is 5.73 Å². The number of likely N-dealkylation sites (tertiary alicyclic amines) is 1. The predicted octanol–water partition coefficient (Wildman–Crippen LogP) is 0.960. The lowest BCUT2D eigenvalue weighted by atomic mass is 10.0. The van der Waals surface area contributed by atoms with Crippen molar-refractivity contribution in [3.63, 3.8) is 0 Å². The lowest BCUT2D eigenvalue weighted by Crippen LogP contribution is -2.43. The van der Waals surface area contributed by atoms with Crippen molar-refractivity contribution in [1.29, 1.82) is 0 Å². The van der Waals surface area contributed by atoms with E-state index in [0.717, 1.165) is 25.9 Å². The Morgan fingerprint density at radius 2 is 2.19 bits per heavy atom. The molecule has 0 saturated carbocycles. The summed E-state index contributed by atoms with van der Waals surface area (Å²) < 4.78 is 13.8. The highest BCUT2D eigenvalue weighted by molar-refractivity contribution is 5.95. The van der Waals surface area contributed by atoms with Crippen LogP contribution < -0.4 is 11.1 Å². The molecule has 1 amide bonds. The fraction of sp³-hybridized carbons (Fsp3) is 0.438. The van der Waals surface area contributed by atoms with Gasteiger partial charge in [0.05, 0.1) is 12.1 Å². The molecule has 0 spiro atoms. The molecule has 3 N–H and O–H groups in total. The number of piperidine rings is 1. The van der Waals surface area contributed by atoms with Gasteiger partial charge in [0, 0.05) is 11.6 Å². The number of amides is 1. The lowest BCUT2D eigenvalue weighted by Gasteiger charge is -2.29. The van der Waals surface area contributed by atoms with Gasteiger partial charge in [-0.15, -0.1) is 0 Å². The summed E-state index contributed by atoms with van der Waals surface area (Å²) >= 11 is 0. The summed E-state index contributed by atoms with van der Waals surface area (Å²) in [5.41, 5.74) is 5.94. The monoisotopic (exact) mass is 289 g/mol. The van der Waals surface area contributed by atoms with Crippen LogP contribution in [-0.2, 0) is 0 Å². The number of hydrogen-bond acceptors (Lipinski definition) is 3. The molecule has 1 saturated heterocycles. The molecule has 5 heteroatoms. The quantitative estimate of drug-likeness (QED) is 0.797. The van der Waals surface area contributed by atoms with Crippen LogP contribution in [0.4, 0.5) is 4.39 Å². The molecule has 0 aliphatic carbocycles. The molecule has 0 radical (unpaired) electrons. The van der Waals surface area contributed by atoms with E-state index in [-0.39, 0.29) is 24.1 Å². The van der Waals surface area contributed by atoms with Crippen LogP contribution in [0.3, 0.4) is 0 Å². The Hall–Kier alpha value is -1.90. The zero-order valence-electron chi connectivity index (χ0n) is 12.2. The average molecular weight is 289 g/mol. The van der Waals surface area contributed by atoms with Gasteiger partial charge < -0.3 is 16.0 Å². The molecule has 0 unspecified atom stereocenters. The van der Waals surface area contributed by atoms with E-state index in [1.54, 1.807) is 6.07 Å². The van der Waals surface area contributed by atoms with Crippen molar-refractivity contribution in [3.05, 3.63) is 35.1 Å². The third-order valence-corrected chi connectivity index (χ3v) is 3.60. The summed E-state index contributed by atoms with van der Waals surface area (Å²) in [4.78, 5) is 14.4. The van der Waals surface area contributed by atoms with Crippen molar-refractivity contribution >= 4 is 5.91 Å². The number of nitrogens with zero attached hydrogens (tertiary/aromatic N) is 1. The number of hydrogen-bond donors (Lipinski definition) is 2.